The van der Waals surface area contributed by atoms with Gasteiger partial charge in [-0.15, -0.1) is 0 Å². The van der Waals surface area contributed by atoms with Gasteiger partial charge in [0.05, 0.1) is 0 Å². The molecular formula is C15H26O2S. The van der Waals surface area contributed by atoms with E-state index in [4.69, 9.17) is 0 Å². The Morgan fingerprint density at radius 3 is 1.89 bits per heavy atom. The van der Waals surface area contributed by atoms with Crippen molar-refractivity contribution in [2.24, 2.45) is 0 Å². The number of allylic oxidation sites excluding steroid dienone is 1. The van der Waals surface area contributed by atoms with E-state index in [2.05, 4.69) is 6.58 Å². The Labute approximate surface area is 116 Å². The Balaban J connectivity index is 3.14. The molecule has 0 rings (SSSR count). The first kappa shape index (κ1) is 17.4. The first-order valence-corrected chi connectivity index (χ1v) is 7.84. The number of carbonyl (C=O) groups is 2. The van der Waals surface area contributed by atoms with Gasteiger partial charge in [-0.05, 0) is 25.3 Å². The fraction of sp³-hybridized carbons (Fsp3) is 0.733. The Morgan fingerprint density at radius 2 is 1.39 bits per heavy atom. The van der Waals surface area contributed by atoms with E-state index in [1.54, 1.807) is 13.8 Å². The van der Waals surface area contributed by atoms with Crippen molar-refractivity contribution >= 4 is 22.7 Å². The van der Waals surface area contributed by atoms with Crippen molar-refractivity contribution in [3.8, 4) is 0 Å². The van der Waals surface area contributed by atoms with Crippen molar-refractivity contribution in [1.82, 2.24) is 0 Å². The molecule has 0 bridgehead atoms. The molecule has 104 valence electrons. The summed E-state index contributed by atoms with van der Waals surface area (Å²) in [6.07, 6.45) is 8.84. The van der Waals surface area contributed by atoms with Crippen LogP contribution in [0.4, 0.5) is 0 Å². The van der Waals surface area contributed by atoms with Crippen molar-refractivity contribution in [3.05, 3.63) is 12.2 Å². The average Bonchev–Trinajstić information content (AvgIpc) is 2.30. The maximum absolute atomic E-state index is 11.3. The largest absolute Gasteiger partial charge is 0.295 e. The standard InChI is InChI=1S/C15H26O2S/c1-13(2)15(17)11-9-7-5-4-6-8-10-12-18-14(3)16/h1,4-12H2,2-3H3. The van der Waals surface area contributed by atoms with E-state index in [1.807, 2.05) is 0 Å². The van der Waals surface area contributed by atoms with Crippen LogP contribution in [0, 0.1) is 0 Å². The van der Waals surface area contributed by atoms with Gasteiger partial charge < -0.3 is 0 Å². The molecule has 0 aromatic heterocycles. The topological polar surface area (TPSA) is 34.1 Å². The molecule has 0 spiro atoms. The second kappa shape index (κ2) is 11.5. The van der Waals surface area contributed by atoms with Crippen LogP contribution in [0.2, 0.25) is 0 Å². The van der Waals surface area contributed by atoms with E-state index >= 15 is 0 Å². The van der Waals surface area contributed by atoms with Crippen molar-refractivity contribution in [1.29, 1.82) is 0 Å². The summed E-state index contributed by atoms with van der Waals surface area (Å²) in [7, 11) is 0. The zero-order chi connectivity index (χ0) is 13.8. The van der Waals surface area contributed by atoms with E-state index < -0.39 is 0 Å². The van der Waals surface area contributed by atoms with E-state index in [1.165, 1.54) is 37.4 Å². The molecule has 0 aromatic carbocycles. The maximum atomic E-state index is 11.3. The molecule has 0 aromatic rings. The van der Waals surface area contributed by atoms with Crippen LogP contribution in [-0.4, -0.2) is 16.7 Å². The quantitative estimate of drug-likeness (QED) is 0.408. The lowest BCUT2D eigenvalue weighted by Crippen LogP contribution is -1.97. The number of unbranched alkanes of at least 4 members (excludes halogenated alkanes) is 6. The van der Waals surface area contributed by atoms with Crippen LogP contribution in [0.1, 0.15) is 65.2 Å². The lowest BCUT2D eigenvalue weighted by Gasteiger charge is -2.02. The highest BCUT2D eigenvalue weighted by atomic mass is 32.2. The predicted octanol–water partition coefficient (Wildman–Crippen LogP) is 4.53. The van der Waals surface area contributed by atoms with Gasteiger partial charge in [0.2, 0.25) is 0 Å². The van der Waals surface area contributed by atoms with Crippen molar-refractivity contribution in [2.75, 3.05) is 5.75 Å². The predicted molar refractivity (Wildman–Crippen MR) is 79.9 cm³/mol. The van der Waals surface area contributed by atoms with Gasteiger partial charge in [-0.2, -0.15) is 0 Å². The lowest BCUT2D eigenvalue weighted by molar-refractivity contribution is -0.115. The van der Waals surface area contributed by atoms with Gasteiger partial charge in [0.15, 0.2) is 10.9 Å². The number of hydrogen-bond acceptors (Lipinski definition) is 3. The molecule has 0 N–H and O–H groups in total. The normalized spacial score (nSPS) is 10.3. The van der Waals surface area contributed by atoms with Crippen LogP contribution in [-0.2, 0) is 9.59 Å². The maximum Gasteiger partial charge on any atom is 0.185 e. The molecule has 3 heteroatoms. The number of hydrogen-bond donors (Lipinski definition) is 0. The summed E-state index contributed by atoms with van der Waals surface area (Å²) in [5.74, 6) is 1.17. The molecule has 0 radical (unpaired) electrons. The molecule has 0 aliphatic heterocycles. The first-order valence-electron chi connectivity index (χ1n) is 6.86. The molecule has 0 saturated carbocycles. The first-order chi connectivity index (χ1) is 8.54. The monoisotopic (exact) mass is 270 g/mol. The van der Waals surface area contributed by atoms with Crippen molar-refractivity contribution in [3.63, 3.8) is 0 Å². The third kappa shape index (κ3) is 11.9. The SMILES string of the molecule is C=C(C)C(=O)CCCCCCCCCSC(C)=O. The molecule has 0 unspecified atom stereocenters. The summed E-state index contributed by atoms with van der Waals surface area (Å²) >= 11 is 1.42. The fourth-order valence-electron chi connectivity index (χ4n) is 1.70. The molecule has 18 heavy (non-hydrogen) atoms. The second-order valence-corrected chi connectivity index (χ2v) is 6.04. The minimum Gasteiger partial charge on any atom is -0.295 e. The van der Waals surface area contributed by atoms with Gasteiger partial charge in [0.1, 0.15) is 0 Å². The smallest absolute Gasteiger partial charge is 0.185 e. The van der Waals surface area contributed by atoms with E-state index in [0.29, 0.717) is 12.0 Å². The zero-order valence-electron chi connectivity index (χ0n) is 11.8. The van der Waals surface area contributed by atoms with Gasteiger partial charge >= 0.3 is 0 Å². The number of Topliss-reactive ketones (excluding diaryl/α,β-unsaturated/α-hetero) is 1. The highest BCUT2D eigenvalue weighted by molar-refractivity contribution is 8.13. The van der Waals surface area contributed by atoms with Gasteiger partial charge in [-0.1, -0.05) is 50.4 Å². The molecule has 0 amide bonds. The van der Waals surface area contributed by atoms with Crippen LogP contribution in [0.25, 0.3) is 0 Å². The van der Waals surface area contributed by atoms with Gasteiger partial charge in [-0.3, -0.25) is 9.59 Å². The molecule has 0 fully saturated rings. The van der Waals surface area contributed by atoms with E-state index in [9.17, 15) is 9.59 Å². The van der Waals surface area contributed by atoms with E-state index in [-0.39, 0.29) is 10.9 Å². The second-order valence-electron chi connectivity index (χ2n) is 4.77. The summed E-state index contributed by atoms with van der Waals surface area (Å²) in [5, 5.41) is 0.220. The van der Waals surface area contributed by atoms with Crippen molar-refractivity contribution in [2.45, 2.75) is 65.2 Å². The summed E-state index contributed by atoms with van der Waals surface area (Å²) in [6.45, 7) is 7.05. The summed E-state index contributed by atoms with van der Waals surface area (Å²) in [4.78, 5) is 22.0. The zero-order valence-corrected chi connectivity index (χ0v) is 12.6. The number of thioether (sulfide) groups is 1. The highest BCUT2D eigenvalue weighted by Crippen LogP contribution is 2.12. The van der Waals surface area contributed by atoms with Crippen molar-refractivity contribution < 1.29 is 9.59 Å². The number of ketones is 1. The molecule has 0 aliphatic rings. The van der Waals surface area contributed by atoms with Crippen LogP contribution in [0.3, 0.4) is 0 Å². The minimum absolute atomic E-state index is 0.205. The fourth-order valence-corrected chi connectivity index (χ4v) is 2.34. The van der Waals surface area contributed by atoms with Crippen LogP contribution in [0.5, 0.6) is 0 Å². The number of rotatable bonds is 11. The van der Waals surface area contributed by atoms with Gasteiger partial charge in [0, 0.05) is 19.1 Å². The molecular weight excluding hydrogens is 244 g/mol. The molecule has 2 nitrogen and oxygen atoms in total. The van der Waals surface area contributed by atoms with Gasteiger partial charge in [-0.25, -0.2) is 0 Å². The Hall–Kier alpha value is -0.570. The Bertz CT molecular complexity index is 272. The summed E-state index contributed by atoms with van der Waals surface area (Å²) in [5.41, 5.74) is 0.679. The third-order valence-corrected chi connectivity index (χ3v) is 3.73. The number of carbonyl (C=O) groups excluding carboxylic acids is 2. The third-order valence-electron chi connectivity index (χ3n) is 2.83. The van der Waals surface area contributed by atoms with Crippen LogP contribution in [0.15, 0.2) is 12.2 Å². The molecule has 0 heterocycles. The Kier molecular flexibility index (Phi) is 11.2. The van der Waals surface area contributed by atoms with Gasteiger partial charge in [0.25, 0.3) is 0 Å². The Morgan fingerprint density at radius 1 is 0.889 bits per heavy atom. The minimum atomic E-state index is 0.205. The lowest BCUT2D eigenvalue weighted by atomic mass is 10.0. The molecule has 0 atom stereocenters. The van der Waals surface area contributed by atoms with Crippen LogP contribution >= 0.6 is 11.8 Å². The summed E-state index contributed by atoms with van der Waals surface area (Å²) < 4.78 is 0. The molecule has 0 saturated heterocycles. The van der Waals surface area contributed by atoms with E-state index in [0.717, 1.165) is 25.0 Å². The van der Waals surface area contributed by atoms with Crippen LogP contribution < -0.4 is 0 Å². The molecule has 0 aliphatic carbocycles. The summed E-state index contributed by atoms with van der Waals surface area (Å²) in [6, 6.07) is 0. The average molecular weight is 270 g/mol. The highest BCUT2D eigenvalue weighted by Gasteiger charge is 2.01.